The third kappa shape index (κ3) is 3.18. The van der Waals surface area contributed by atoms with Crippen LogP contribution < -0.4 is 0 Å². The summed E-state index contributed by atoms with van der Waals surface area (Å²) in [5, 5.41) is 0. The predicted molar refractivity (Wildman–Crippen MR) is 82.0 cm³/mol. The molecule has 2 aromatic rings. The van der Waals surface area contributed by atoms with Crippen molar-refractivity contribution in [2.45, 2.75) is 32.1 Å². The lowest BCUT2D eigenvalue weighted by atomic mass is 10.1. The van der Waals surface area contributed by atoms with Gasteiger partial charge in [-0.25, -0.2) is 9.37 Å². The molecule has 1 unspecified atom stereocenters. The van der Waals surface area contributed by atoms with Crippen molar-refractivity contribution in [3.05, 3.63) is 53.4 Å². The molecule has 0 aliphatic carbocycles. The minimum Gasteiger partial charge on any atom is -0.346 e. The molecule has 1 saturated heterocycles. The molecule has 1 aliphatic rings. The van der Waals surface area contributed by atoms with E-state index in [1.165, 1.54) is 6.07 Å². The van der Waals surface area contributed by atoms with E-state index in [9.17, 15) is 9.18 Å². The minimum atomic E-state index is -0.236. The van der Waals surface area contributed by atoms with Crippen LogP contribution in [-0.2, 0) is 11.2 Å². The zero-order chi connectivity index (χ0) is 15.5. The molecule has 1 aliphatic heterocycles. The molecule has 1 aromatic heterocycles. The summed E-state index contributed by atoms with van der Waals surface area (Å²) in [7, 11) is 0. The maximum atomic E-state index is 13.6. The van der Waals surface area contributed by atoms with Crippen molar-refractivity contribution in [2.75, 3.05) is 13.1 Å². The number of likely N-dealkylation sites (tertiary alicyclic amines) is 1. The number of carbonyl (C=O) groups excluding carboxylic acids is 1. The van der Waals surface area contributed by atoms with Crippen molar-refractivity contribution in [2.24, 2.45) is 0 Å². The standard InChI is InChI=1S/C17H20FN3O/c1-12-10-19-17(20-12)14-8-9-21(11-14)16(22)7-6-13-4-2-3-5-15(13)18/h2-5,10,14H,6-9,11H2,1H3,(H,19,20). The number of hydrogen-bond acceptors (Lipinski definition) is 2. The Hall–Kier alpha value is -2.17. The van der Waals surface area contributed by atoms with Crippen molar-refractivity contribution in [1.82, 2.24) is 14.9 Å². The van der Waals surface area contributed by atoms with Gasteiger partial charge in [-0.3, -0.25) is 4.79 Å². The minimum absolute atomic E-state index is 0.0917. The Morgan fingerprint density at radius 2 is 2.27 bits per heavy atom. The Morgan fingerprint density at radius 3 is 3.00 bits per heavy atom. The largest absolute Gasteiger partial charge is 0.346 e. The highest BCUT2D eigenvalue weighted by molar-refractivity contribution is 5.76. The molecule has 2 heterocycles. The van der Waals surface area contributed by atoms with E-state index in [4.69, 9.17) is 0 Å². The van der Waals surface area contributed by atoms with Crippen LogP contribution in [0.3, 0.4) is 0 Å². The van der Waals surface area contributed by atoms with Gasteiger partial charge in [0, 0.05) is 37.3 Å². The van der Waals surface area contributed by atoms with E-state index in [-0.39, 0.29) is 17.6 Å². The molecule has 5 heteroatoms. The Bertz CT molecular complexity index is 667. The fourth-order valence-corrected chi connectivity index (χ4v) is 2.95. The highest BCUT2D eigenvalue weighted by Gasteiger charge is 2.28. The monoisotopic (exact) mass is 301 g/mol. The van der Waals surface area contributed by atoms with E-state index in [0.717, 1.165) is 24.5 Å². The van der Waals surface area contributed by atoms with E-state index in [1.54, 1.807) is 18.2 Å². The van der Waals surface area contributed by atoms with Crippen LogP contribution in [-0.4, -0.2) is 33.9 Å². The first-order valence-corrected chi connectivity index (χ1v) is 7.66. The van der Waals surface area contributed by atoms with Gasteiger partial charge in [0.05, 0.1) is 0 Å². The maximum absolute atomic E-state index is 13.6. The number of aromatic nitrogens is 2. The number of halogens is 1. The first-order chi connectivity index (χ1) is 10.6. The summed E-state index contributed by atoms with van der Waals surface area (Å²) in [6, 6.07) is 6.64. The van der Waals surface area contributed by atoms with E-state index in [0.29, 0.717) is 24.9 Å². The lowest BCUT2D eigenvalue weighted by molar-refractivity contribution is -0.130. The van der Waals surface area contributed by atoms with Gasteiger partial charge in [0.25, 0.3) is 0 Å². The third-order valence-electron chi connectivity index (χ3n) is 4.22. The molecule has 4 nitrogen and oxygen atoms in total. The van der Waals surface area contributed by atoms with Crippen LogP contribution in [0.2, 0.25) is 0 Å². The zero-order valence-electron chi connectivity index (χ0n) is 12.7. The molecule has 1 N–H and O–H groups in total. The second-order valence-electron chi connectivity index (χ2n) is 5.87. The normalized spacial score (nSPS) is 17.9. The van der Waals surface area contributed by atoms with Crippen LogP contribution in [0.15, 0.2) is 30.5 Å². The number of imidazole rings is 1. The van der Waals surface area contributed by atoms with Gasteiger partial charge in [-0.15, -0.1) is 0 Å². The van der Waals surface area contributed by atoms with Gasteiger partial charge < -0.3 is 9.88 Å². The number of aryl methyl sites for hydroxylation is 2. The number of hydrogen-bond donors (Lipinski definition) is 1. The van der Waals surface area contributed by atoms with Crippen LogP contribution in [0.1, 0.15) is 35.8 Å². The number of amides is 1. The summed E-state index contributed by atoms with van der Waals surface area (Å²) < 4.78 is 13.6. The van der Waals surface area contributed by atoms with Crippen molar-refractivity contribution in [1.29, 1.82) is 0 Å². The van der Waals surface area contributed by atoms with Gasteiger partial charge in [0.2, 0.25) is 5.91 Å². The molecule has 1 atom stereocenters. The van der Waals surface area contributed by atoms with Gasteiger partial charge >= 0.3 is 0 Å². The third-order valence-corrected chi connectivity index (χ3v) is 4.22. The zero-order valence-corrected chi connectivity index (χ0v) is 12.7. The molecule has 0 saturated carbocycles. The summed E-state index contributed by atoms with van der Waals surface area (Å²) in [6.07, 6.45) is 3.55. The number of H-pyrrole nitrogens is 1. The van der Waals surface area contributed by atoms with E-state index >= 15 is 0 Å². The van der Waals surface area contributed by atoms with Gasteiger partial charge in [0.15, 0.2) is 0 Å². The molecular weight excluding hydrogens is 281 g/mol. The van der Waals surface area contributed by atoms with Gasteiger partial charge in [-0.2, -0.15) is 0 Å². The summed E-state index contributed by atoms with van der Waals surface area (Å²) in [5.74, 6) is 1.10. The van der Waals surface area contributed by atoms with Gasteiger partial charge in [-0.1, -0.05) is 18.2 Å². The Morgan fingerprint density at radius 1 is 1.45 bits per heavy atom. The first-order valence-electron chi connectivity index (χ1n) is 7.66. The Labute approximate surface area is 129 Å². The lowest BCUT2D eigenvalue weighted by Gasteiger charge is -2.16. The second kappa shape index (κ2) is 6.30. The van der Waals surface area contributed by atoms with E-state index in [1.807, 2.05) is 18.0 Å². The quantitative estimate of drug-likeness (QED) is 0.944. The van der Waals surface area contributed by atoms with Crippen LogP contribution in [0.25, 0.3) is 0 Å². The molecule has 0 radical (unpaired) electrons. The van der Waals surface area contributed by atoms with Gasteiger partial charge in [-0.05, 0) is 31.4 Å². The summed E-state index contributed by atoms with van der Waals surface area (Å²) in [5.41, 5.74) is 1.65. The number of carbonyl (C=O) groups is 1. The fourth-order valence-electron chi connectivity index (χ4n) is 2.95. The molecule has 1 amide bonds. The number of benzene rings is 1. The van der Waals surface area contributed by atoms with Crippen molar-refractivity contribution < 1.29 is 9.18 Å². The molecule has 0 bridgehead atoms. The molecule has 1 fully saturated rings. The van der Waals surface area contributed by atoms with Crippen molar-refractivity contribution in [3.8, 4) is 0 Å². The molecule has 116 valence electrons. The molecule has 22 heavy (non-hydrogen) atoms. The van der Waals surface area contributed by atoms with Crippen molar-refractivity contribution in [3.63, 3.8) is 0 Å². The Balaban J connectivity index is 1.54. The van der Waals surface area contributed by atoms with Crippen LogP contribution in [0.4, 0.5) is 4.39 Å². The number of aromatic amines is 1. The number of nitrogens with zero attached hydrogens (tertiary/aromatic N) is 2. The highest BCUT2D eigenvalue weighted by atomic mass is 19.1. The van der Waals surface area contributed by atoms with Crippen LogP contribution in [0, 0.1) is 12.7 Å². The second-order valence-corrected chi connectivity index (χ2v) is 5.87. The topological polar surface area (TPSA) is 49.0 Å². The van der Waals surface area contributed by atoms with Gasteiger partial charge in [0.1, 0.15) is 11.6 Å². The molecule has 1 aromatic carbocycles. The summed E-state index contributed by atoms with van der Waals surface area (Å²) in [6.45, 7) is 3.42. The highest BCUT2D eigenvalue weighted by Crippen LogP contribution is 2.25. The van der Waals surface area contributed by atoms with E-state index in [2.05, 4.69) is 9.97 Å². The lowest BCUT2D eigenvalue weighted by Crippen LogP contribution is -2.28. The smallest absolute Gasteiger partial charge is 0.222 e. The van der Waals surface area contributed by atoms with E-state index < -0.39 is 0 Å². The summed E-state index contributed by atoms with van der Waals surface area (Å²) >= 11 is 0. The predicted octanol–water partition coefficient (Wildman–Crippen LogP) is 2.81. The summed E-state index contributed by atoms with van der Waals surface area (Å²) in [4.78, 5) is 21.7. The average Bonchev–Trinajstić information content (AvgIpc) is 3.15. The SMILES string of the molecule is Cc1cnc(C2CCN(C(=O)CCc3ccccc3F)C2)[nH]1. The van der Waals surface area contributed by atoms with Crippen LogP contribution >= 0.6 is 0 Å². The van der Waals surface area contributed by atoms with Crippen LogP contribution in [0.5, 0.6) is 0 Å². The average molecular weight is 301 g/mol. The molecule has 0 spiro atoms. The first kappa shape index (κ1) is 14.8. The number of nitrogens with one attached hydrogen (secondary N) is 1. The maximum Gasteiger partial charge on any atom is 0.222 e. The number of rotatable bonds is 4. The molecule has 3 rings (SSSR count). The fraction of sp³-hybridized carbons (Fsp3) is 0.412. The molecular formula is C17H20FN3O. The van der Waals surface area contributed by atoms with Crippen molar-refractivity contribution >= 4 is 5.91 Å². The Kier molecular flexibility index (Phi) is 4.22.